The number of nitrogens with two attached hydrogens (primary N) is 1. The second kappa shape index (κ2) is 8.47. The van der Waals surface area contributed by atoms with Gasteiger partial charge in [0.25, 0.3) is 0 Å². The van der Waals surface area contributed by atoms with Crippen LogP contribution in [-0.2, 0) is 26.7 Å². The Kier molecular flexibility index (Phi) is 5.93. The summed E-state index contributed by atoms with van der Waals surface area (Å²) in [5.41, 5.74) is 6.70. The number of hydrogen-bond acceptors (Lipinski definition) is 4. The summed E-state index contributed by atoms with van der Waals surface area (Å²) in [5, 5.41) is 0. The Balaban J connectivity index is 1.50. The largest absolute Gasteiger partial charge is 0.369 e. The van der Waals surface area contributed by atoms with Crippen LogP contribution in [0.4, 0.5) is 0 Å². The van der Waals surface area contributed by atoms with Crippen molar-refractivity contribution >= 4 is 15.9 Å². The molecule has 0 aliphatic heterocycles. The lowest BCUT2D eigenvalue weighted by Crippen LogP contribution is -2.33. The van der Waals surface area contributed by atoms with Gasteiger partial charge in [-0.05, 0) is 48.1 Å². The monoisotopic (exact) mass is 427 g/mol. The van der Waals surface area contributed by atoms with Gasteiger partial charge in [-0.3, -0.25) is 9.78 Å². The minimum Gasteiger partial charge on any atom is -0.369 e. The number of benzene rings is 1. The molecular weight excluding hydrogens is 398 g/mol. The van der Waals surface area contributed by atoms with Crippen LogP contribution in [0.15, 0.2) is 53.6 Å². The average molecular weight is 428 g/mol. The summed E-state index contributed by atoms with van der Waals surface area (Å²) >= 11 is 0. The summed E-state index contributed by atoms with van der Waals surface area (Å²) in [7, 11) is -3.68. The van der Waals surface area contributed by atoms with E-state index in [2.05, 4.69) is 9.71 Å². The van der Waals surface area contributed by atoms with Crippen molar-refractivity contribution < 1.29 is 13.2 Å². The van der Waals surface area contributed by atoms with E-state index >= 15 is 0 Å². The van der Waals surface area contributed by atoms with Gasteiger partial charge in [0.15, 0.2) is 0 Å². The van der Waals surface area contributed by atoms with Crippen molar-refractivity contribution in [2.45, 2.75) is 55.3 Å². The van der Waals surface area contributed by atoms with Crippen molar-refractivity contribution in [3.63, 3.8) is 0 Å². The predicted molar refractivity (Wildman–Crippen MR) is 115 cm³/mol. The standard InChI is InChI=1S/C23H29N3O3S/c24-22(27)23(16-21(23)17-7-2-1-3-8-17)18-9-6-11-20(15-18)30(28,29)26-14-12-19-10-4-5-13-25-19/h4-6,9-11,13,15,17,21,26H,1-3,7-8,12,14,16H2,(H2,24,27)/t21-,23-/m0/s1. The summed E-state index contributed by atoms with van der Waals surface area (Å²) in [5.74, 6) is 0.393. The normalized spacial score (nSPS) is 24.5. The number of pyridine rings is 1. The van der Waals surface area contributed by atoms with Gasteiger partial charge in [0.05, 0.1) is 10.3 Å². The second-order valence-corrected chi connectivity index (χ2v) is 10.3. The van der Waals surface area contributed by atoms with Gasteiger partial charge in [-0.25, -0.2) is 13.1 Å². The van der Waals surface area contributed by atoms with Crippen LogP contribution in [0.25, 0.3) is 0 Å². The van der Waals surface area contributed by atoms with Crippen LogP contribution in [0.1, 0.15) is 49.8 Å². The summed E-state index contributed by atoms with van der Waals surface area (Å²) in [4.78, 5) is 16.9. The molecule has 2 aliphatic rings. The highest BCUT2D eigenvalue weighted by Gasteiger charge is 2.62. The zero-order valence-corrected chi connectivity index (χ0v) is 17.9. The number of nitrogens with zero attached hydrogens (tertiary/aromatic N) is 1. The SMILES string of the molecule is NC(=O)[C@]1(c2cccc(S(=O)(=O)NCCc3ccccn3)c2)C[C@H]1C1CCCCC1. The summed E-state index contributed by atoms with van der Waals surface area (Å²) in [6.45, 7) is 0.259. The van der Waals surface area contributed by atoms with Gasteiger partial charge in [-0.15, -0.1) is 0 Å². The molecule has 1 aromatic heterocycles. The van der Waals surface area contributed by atoms with E-state index < -0.39 is 15.4 Å². The van der Waals surface area contributed by atoms with Gasteiger partial charge in [0, 0.05) is 24.9 Å². The number of nitrogens with one attached hydrogen (secondary N) is 1. The number of primary amides is 1. The first-order chi connectivity index (χ1) is 14.4. The molecule has 2 fully saturated rings. The van der Waals surface area contributed by atoms with Crippen molar-refractivity contribution in [2.75, 3.05) is 6.54 Å². The first-order valence-electron chi connectivity index (χ1n) is 10.7. The molecule has 1 heterocycles. The van der Waals surface area contributed by atoms with Crippen LogP contribution >= 0.6 is 0 Å². The number of aromatic nitrogens is 1. The van der Waals surface area contributed by atoms with Gasteiger partial charge in [0.1, 0.15) is 0 Å². The lowest BCUT2D eigenvalue weighted by molar-refractivity contribution is -0.121. The third kappa shape index (κ3) is 4.14. The van der Waals surface area contributed by atoms with Crippen LogP contribution in [0.5, 0.6) is 0 Å². The van der Waals surface area contributed by atoms with E-state index in [4.69, 9.17) is 5.73 Å². The highest BCUT2D eigenvalue weighted by molar-refractivity contribution is 7.89. The zero-order chi connectivity index (χ0) is 21.2. The molecule has 2 saturated carbocycles. The number of amides is 1. The predicted octanol–water partition coefficient (Wildman–Crippen LogP) is 2.93. The van der Waals surface area contributed by atoms with Crippen molar-refractivity contribution in [1.29, 1.82) is 0 Å². The van der Waals surface area contributed by atoms with E-state index in [1.807, 2.05) is 24.3 Å². The highest BCUT2D eigenvalue weighted by Crippen LogP contribution is 2.60. The molecular formula is C23H29N3O3S. The van der Waals surface area contributed by atoms with Crippen molar-refractivity contribution in [3.8, 4) is 0 Å². The van der Waals surface area contributed by atoms with E-state index in [1.165, 1.54) is 19.3 Å². The Morgan fingerprint density at radius 1 is 1.13 bits per heavy atom. The first kappa shape index (κ1) is 21.0. The molecule has 0 saturated heterocycles. The molecule has 1 amide bonds. The first-order valence-corrected chi connectivity index (χ1v) is 12.2. The van der Waals surface area contributed by atoms with Gasteiger partial charge < -0.3 is 5.73 Å². The summed E-state index contributed by atoms with van der Waals surface area (Å²) in [6.07, 6.45) is 8.84. The quantitative estimate of drug-likeness (QED) is 0.676. The average Bonchev–Trinajstić information content (AvgIpc) is 3.53. The van der Waals surface area contributed by atoms with Crippen LogP contribution < -0.4 is 10.5 Å². The van der Waals surface area contributed by atoms with Crippen LogP contribution in [0.2, 0.25) is 0 Å². The van der Waals surface area contributed by atoms with Gasteiger partial charge in [0.2, 0.25) is 15.9 Å². The summed E-state index contributed by atoms with van der Waals surface area (Å²) < 4.78 is 28.3. The van der Waals surface area contributed by atoms with Crippen LogP contribution in [0, 0.1) is 11.8 Å². The molecule has 1 aromatic carbocycles. The fourth-order valence-electron chi connectivity index (χ4n) is 5.03. The minimum atomic E-state index is -3.68. The molecule has 7 heteroatoms. The van der Waals surface area contributed by atoms with E-state index in [0.29, 0.717) is 12.3 Å². The van der Waals surface area contributed by atoms with Crippen molar-refractivity contribution in [2.24, 2.45) is 17.6 Å². The van der Waals surface area contributed by atoms with E-state index in [9.17, 15) is 13.2 Å². The van der Waals surface area contributed by atoms with Crippen molar-refractivity contribution in [1.82, 2.24) is 9.71 Å². The molecule has 3 N–H and O–H groups in total. The van der Waals surface area contributed by atoms with Gasteiger partial charge in [-0.2, -0.15) is 0 Å². The Bertz CT molecular complexity index is 1000. The lowest BCUT2D eigenvalue weighted by Gasteiger charge is -2.25. The number of carbonyl (C=O) groups excluding carboxylic acids is 1. The number of carbonyl (C=O) groups is 1. The second-order valence-electron chi connectivity index (χ2n) is 8.54. The molecule has 30 heavy (non-hydrogen) atoms. The number of hydrogen-bond donors (Lipinski definition) is 2. The van der Waals surface area contributed by atoms with Crippen molar-refractivity contribution in [3.05, 3.63) is 59.9 Å². The van der Waals surface area contributed by atoms with Gasteiger partial charge in [-0.1, -0.05) is 50.3 Å². The molecule has 0 radical (unpaired) electrons. The van der Waals surface area contributed by atoms with E-state index in [-0.39, 0.29) is 23.3 Å². The van der Waals surface area contributed by atoms with Crippen LogP contribution in [0.3, 0.4) is 0 Å². The molecule has 2 aliphatic carbocycles. The highest BCUT2D eigenvalue weighted by atomic mass is 32.2. The fraction of sp³-hybridized carbons (Fsp3) is 0.478. The Morgan fingerprint density at radius 2 is 1.93 bits per heavy atom. The minimum absolute atomic E-state index is 0.177. The molecule has 6 nitrogen and oxygen atoms in total. The Hall–Kier alpha value is -2.25. The number of rotatable bonds is 8. The molecule has 4 rings (SSSR count). The molecule has 0 unspecified atom stereocenters. The molecule has 2 atom stereocenters. The van der Waals surface area contributed by atoms with Crippen LogP contribution in [-0.4, -0.2) is 25.9 Å². The maximum atomic E-state index is 12.8. The molecule has 2 aromatic rings. The Labute approximate surface area is 178 Å². The molecule has 0 bridgehead atoms. The topological polar surface area (TPSA) is 102 Å². The maximum Gasteiger partial charge on any atom is 0.240 e. The fourth-order valence-corrected chi connectivity index (χ4v) is 6.11. The number of sulfonamides is 1. The molecule has 0 spiro atoms. The van der Waals surface area contributed by atoms with Gasteiger partial charge >= 0.3 is 0 Å². The smallest absolute Gasteiger partial charge is 0.240 e. The zero-order valence-electron chi connectivity index (χ0n) is 17.1. The lowest BCUT2D eigenvalue weighted by atomic mass is 9.80. The van der Waals surface area contributed by atoms with E-state index in [1.54, 1.807) is 24.4 Å². The van der Waals surface area contributed by atoms with E-state index in [0.717, 1.165) is 30.5 Å². The summed E-state index contributed by atoms with van der Waals surface area (Å²) in [6, 6.07) is 12.3. The Morgan fingerprint density at radius 3 is 2.63 bits per heavy atom. The third-order valence-corrected chi connectivity index (χ3v) is 8.19. The molecule has 160 valence electrons. The third-order valence-electron chi connectivity index (χ3n) is 6.73. The maximum absolute atomic E-state index is 12.8.